The topological polar surface area (TPSA) is 0 Å². The molecule has 0 nitrogen and oxygen atoms in total. The van der Waals surface area contributed by atoms with Crippen molar-refractivity contribution >= 4 is 13.3 Å². The Kier molecular flexibility index (Phi) is 15.5. The first-order valence-corrected chi connectivity index (χ1v) is 18.0. The molecule has 0 amide bonds. The van der Waals surface area contributed by atoms with Crippen LogP contribution in [0.15, 0.2) is 54.6 Å². The lowest BCUT2D eigenvalue weighted by Gasteiger charge is -2.23. The second kappa shape index (κ2) is 18.5. The summed E-state index contributed by atoms with van der Waals surface area (Å²) in [5.74, 6) is 6.57. The molecule has 0 heterocycles. The van der Waals surface area contributed by atoms with Crippen molar-refractivity contribution in [3.05, 3.63) is 65.7 Å². The Balaban J connectivity index is 1.49. The number of unbranched alkanes of at least 4 members (excludes halogenated alkanes) is 15. The largest absolute Gasteiger partial charge is 0.0806 e. The summed E-state index contributed by atoms with van der Waals surface area (Å²) in [5, 5.41) is 1.57. The minimum atomic E-state index is -1.34. The molecule has 0 saturated heterocycles. The van der Waals surface area contributed by atoms with Crippen molar-refractivity contribution in [1.82, 2.24) is 0 Å². The number of hydrogen-bond donors (Lipinski definition) is 0. The Hall–Kier alpha value is -1.78. The lowest BCUT2D eigenvalue weighted by atomic mass is 10.0. The Morgan fingerprint density at radius 1 is 0.486 bits per heavy atom. The highest BCUT2D eigenvalue weighted by atomic mass is 28.3. The fraction of sp³-hybridized carbons (Fsp3) is 0.588. The average Bonchev–Trinajstić information content (AvgIpc) is 2.88. The van der Waals surface area contributed by atoms with Gasteiger partial charge in [-0.25, -0.2) is 0 Å². The summed E-state index contributed by atoms with van der Waals surface area (Å²) >= 11 is 0. The van der Waals surface area contributed by atoms with Crippen LogP contribution >= 0.6 is 0 Å². The van der Waals surface area contributed by atoms with E-state index in [9.17, 15) is 0 Å². The van der Waals surface area contributed by atoms with E-state index in [1.54, 1.807) is 5.19 Å². The van der Waals surface area contributed by atoms with Crippen LogP contribution in [-0.2, 0) is 0 Å². The third kappa shape index (κ3) is 13.8. The van der Waals surface area contributed by atoms with Crippen LogP contribution in [0.1, 0.15) is 121 Å². The van der Waals surface area contributed by atoms with Gasteiger partial charge in [0.05, 0.1) is 8.07 Å². The minimum Gasteiger partial charge on any atom is -0.0654 e. The van der Waals surface area contributed by atoms with Gasteiger partial charge in [0.15, 0.2) is 0 Å². The van der Waals surface area contributed by atoms with E-state index >= 15 is 0 Å². The quantitative estimate of drug-likeness (QED) is 0.111. The standard InChI is InChI=1S/C34H52Si/c1-4-5-6-7-8-9-10-11-12-13-14-15-16-17-18-22-31-35(2,3)34-29-27-33(28-30-34)26-25-32-23-20-19-21-24-32/h19-21,23-24,27-30H,4-18,22,31H2,1-3H3. The first kappa shape index (κ1) is 29.4. The van der Waals surface area contributed by atoms with Gasteiger partial charge in [-0.05, 0) is 24.3 Å². The van der Waals surface area contributed by atoms with E-state index in [1.807, 2.05) is 18.2 Å². The molecule has 2 rings (SSSR count). The molecule has 1 heteroatoms. The van der Waals surface area contributed by atoms with Gasteiger partial charge in [-0.2, -0.15) is 0 Å². The lowest BCUT2D eigenvalue weighted by molar-refractivity contribution is 0.531. The summed E-state index contributed by atoms with van der Waals surface area (Å²) in [6, 6.07) is 20.8. The van der Waals surface area contributed by atoms with Crippen molar-refractivity contribution in [3.8, 4) is 11.8 Å². The zero-order valence-corrected chi connectivity index (χ0v) is 24.2. The molecule has 0 unspecified atom stereocenters. The molecule has 2 aromatic rings. The maximum absolute atomic E-state index is 3.31. The van der Waals surface area contributed by atoms with Gasteiger partial charge in [-0.3, -0.25) is 0 Å². The van der Waals surface area contributed by atoms with E-state index in [0.717, 1.165) is 11.1 Å². The number of benzene rings is 2. The molecular formula is C34H52Si. The minimum absolute atomic E-state index is 1.08. The maximum atomic E-state index is 3.31. The van der Waals surface area contributed by atoms with Gasteiger partial charge in [0, 0.05) is 11.1 Å². The molecule has 0 radical (unpaired) electrons. The van der Waals surface area contributed by atoms with Gasteiger partial charge in [0.2, 0.25) is 0 Å². The number of rotatable bonds is 18. The highest BCUT2D eigenvalue weighted by molar-refractivity contribution is 6.89. The summed E-state index contributed by atoms with van der Waals surface area (Å²) in [5.41, 5.74) is 2.19. The van der Waals surface area contributed by atoms with Gasteiger partial charge in [-0.1, -0.05) is 176 Å². The van der Waals surface area contributed by atoms with Crippen molar-refractivity contribution in [2.75, 3.05) is 0 Å². The third-order valence-electron chi connectivity index (χ3n) is 7.45. The molecule has 2 aromatic carbocycles. The summed E-state index contributed by atoms with van der Waals surface area (Å²) in [7, 11) is -1.34. The maximum Gasteiger partial charge on any atom is 0.0806 e. The van der Waals surface area contributed by atoms with E-state index in [1.165, 1.54) is 109 Å². The van der Waals surface area contributed by atoms with Gasteiger partial charge in [0.25, 0.3) is 0 Å². The van der Waals surface area contributed by atoms with Crippen LogP contribution in [0.5, 0.6) is 0 Å². The van der Waals surface area contributed by atoms with Crippen molar-refractivity contribution < 1.29 is 0 Å². The normalized spacial score (nSPS) is 11.3. The van der Waals surface area contributed by atoms with Gasteiger partial charge in [0.1, 0.15) is 0 Å². The molecule has 0 fully saturated rings. The second-order valence-electron chi connectivity index (χ2n) is 11.1. The van der Waals surface area contributed by atoms with Gasteiger partial charge < -0.3 is 0 Å². The molecular weight excluding hydrogens is 436 g/mol. The van der Waals surface area contributed by atoms with E-state index < -0.39 is 8.07 Å². The number of hydrogen-bond acceptors (Lipinski definition) is 0. The second-order valence-corrected chi connectivity index (χ2v) is 16.0. The van der Waals surface area contributed by atoms with Crippen LogP contribution in [0.25, 0.3) is 0 Å². The van der Waals surface area contributed by atoms with Crippen molar-refractivity contribution in [2.45, 2.75) is 129 Å². The molecule has 35 heavy (non-hydrogen) atoms. The van der Waals surface area contributed by atoms with Crippen LogP contribution in [0.2, 0.25) is 19.1 Å². The molecule has 0 aliphatic heterocycles. The summed E-state index contributed by atoms with van der Waals surface area (Å²) in [4.78, 5) is 0. The van der Waals surface area contributed by atoms with Crippen LogP contribution in [0.4, 0.5) is 0 Å². The highest BCUT2D eigenvalue weighted by Gasteiger charge is 2.22. The Labute approximate surface area is 219 Å². The zero-order chi connectivity index (χ0) is 25.0. The van der Waals surface area contributed by atoms with Gasteiger partial charge in [-0.15, -0.1) is 0 Å². The summed E-state index contributed by atoms with van der Waals surface area (Å²) in [6.07, 6.45) is 23.1. The van der Waals surface area contributed by atoms with Crippen LogP contribution in [0.3, 0.4) is 0 Å². The Morgan fingerprint density at radius 3 is 1.34 bits per heavy atom. The van der Waals surface area contributed by atoms with E-state index in [2.05, 4.69) is 68.3 Å². The van der Waals surface area contributed by atoms with Crippen molar-refractivity contribution in [3.63, 3.8) is 0 Å². The van der Waals surface area contributed by atoms with Crippen LogP contribution < -0.4 is 5.19 Å². The summed E-state index contributed by atoms with van der Waals surface area (Å²) < 4.78 is 0. The molecule has 0 aromatic heterocycles. The SMILES string of the molecule is CCCCCCCCCCCCCCCCCC[Si](C)(C)c1ccc(C#Cc2ccccc2)cc1. The van der Waals surface area contributed by atoms with Crippen LogP contribution in [0, 0.1) is 11.8 Å². The Morgan fingerprint density at radius 2 is 0.886 bits per heavy atom. The fourth-order valence-electron chi connectivity index (χ4n) is 4.93. The first-order valence-electron chi connectivity index (χ1n) is 14.8. The molecule has 192 valence electrons. The first-order chi connectivity index (χ1) is 17.1. The zero-order valence-electron chi connectivity index (χ0n) is 23.2. The van der Waals surface area contributed by atoms with E-state index in [0.29, 0.717) is 0 Å². The third-order valence-corrected chi connectivity index (χ3v) is 10.9. The molecule has 0 bridgehead atoms. The molecule has 0 aliphatic rings. The molecule has 0 spiro atoms. The van der Waals surface area contributed by atoms with Crippen LogP contribution in [-0.4, -0.2) is 8.07 Å². The summed E-state index contributed by atoms with van der Waals surface area (Å²) in [6.45, 7) is 7.36. The Bertz CT molecular complexity index is 822. The smallest absolute Gasteiger partial charge is 0.0654 e. The van der Waals surface area contributed by atoms with E-state index in [4.69, 9.17) is 0 Å². The predicted octanol–water partition coefficient (Wildman–Crippen LogP) is 10.3. The van der Waals surface area contributed by atoms with E-state index in [-0.39, 0.29) is 0 Å². The van der Waals surface area contributed by atoms with Crippen molar-refractivity contribution in [2.24, 2.45) is 0 Å². The average molecular weight is 489 g/mol. The molecule has 0 N–H and O–H groups in total. The lowest BCUT2D eigenvalue weighted by Crippen LogP contribution is -2.40. The highest BCUT2D eigenvalue weighted by Crippen LogP contribution is 2.18. The predicted molar refractivity (Wildman–Crippen MR) is 160 cm³/mol. The molecule has 0 atom stereocenters. The molecule has 0 saturated carbocycles. The monoisotopic (exact) mass is 488 g/mol. The van der Waals surface area contributed by atoms with Crippen molar-refractivity contribution in [1.29, 1.82) is 0 Å². The fourth-order valence-corrected chi connectivity index (χ4v) is 7.42. The molecule has 0 aliphatic carbocycles. The van der Waals surface area contributed by atoms with Gasteiger partial charge >= 0.3 is 0 Å².